The van der Waals surface area contributed by atoms with Crippen LogP contribution in [-0.4, -0.2) is 29.7 Å². The molecule has 3 rings (SSSR count). The van der Waals surface area contributed by atoms with E-state index < -0.39 is 5.92 Å². The highest BCUT2D eigenvalue weighted by Crippen LogP contribution is 2.43. The second-order valence-corrected chi connectivity index (χ2v) is 5.24. The van der Waals surface area contributed by atoms with Crippen LogP contribution in [0.2, 0.25) is 0 Å². The number of aromatic hydroxyl groups is 2. The van der Waals surface area contributed by atoms with Crippen LogP contribution in [0.15, 0.2) is 30.3 Å². The van der Waals surface area contributed by atoms with Crippen LogP contribution in [0.1, 0.15) is 27.4 Å². The number of carbonyl (C=O) groups excluding carboxylic acids is 1. The van der Waals surface area contributed by atoms with Gasteiger partial charge in [-0.3, -0.25) is 4.79 Å². The minimum atomic E-state index is -0.492. The number of hydrogen-bond donors (Lipinski definition) is 2. The third-order valence-electron chi connectivity index (χ3n) is 3.96. The summed E-state index contributed by atoms with van der Waals surface area (Å²) >= 11 is 0. The van der Waals surface area contributed by atoms with Crippen LogP contribution in [0, 0.1) is 6.92 Å². The number of ether oxygens (including phenoxy) is 2. The molecule has 0 amide bonds. The smallest absolute Gasteiger partial charge is 0.181 e. The summed E-state index contributed by atoms with van der Waals surface area (Å²) in [5, 5.41) is 19.7. The summed E-state index contributed by atoms with van der Waals surface area (Å²) in [4.78, 5) is 12.7. The first kappa shape index (κ1) is 14.3. The van der Waals surface area contributed by atoms with Gasteiger partial charge in [-0.15, -0.1) is 0 Å². The maximum atomic E-state index is 12.7. The molecule has 22 heavy (non-hydrogen) atoms. The lowest BCUT2D eigenvalue weighted by atomic mass is 9.87. The lowest BCUT2D eigenvalue weighted by molar-refractivity contribution is 0.0891. The number of carbonyl (C=O) groups is 1. The van der Waals surface area contributed by atoms with E-state index in [4.69, 9.17) is 9.47 Å². The first-order chi connectivity index (χ1) is 10.5. The van der Waals surface area contributed by atoms with Crippen LogP contribution in [0.5, 0.6) is 23.0 Å². The van der Waals surface area contributed by atoms with Gasteiger partial charge >= 0.3 is 0 Å². The molecule has 0 aliphatic carbocycles. The number of rotatable bonds is 2. The molecule has 5 heteroatoms. The molecule has 2 aromatic rings. The van der Waals surface area contributed by atoms with Gasteiger partial charge in [0.05, 0.1) is 13.0 Å². The van der Waals surface area contributed by atoms with E-state index in [9.17, 15) is 15.0 Å². The number of hydrogen-bond acceptors (Lipinski definition) is 5. The zero-order chi connectivity index (χ0) is 15.9. The molecule has 1 heterocycles. The number of methoxy groups -OCH3 is 1. The molecule has 5 nitrogen and oxygen atoms in total. The number of phenolic OH excluding ortho intramolecular Hbond substituents is 2. The van der Waals surface area contributed by atoms with E-state index >= 15 is 0 Å². The van der Waals surface area contributed by atoms with Crippen molar-refractivity contribution >= 4 is 5.78 Å². The maximum Gasteiger partial charge on any atom is 0.181 e. The monoisotopic (exact) mass is 300 g/mol. The third kappa shape index (κ3) is 2.15. The molecular formula is C17H16O5. The van der Waals surface area contributed by atoms with Gasteiger partial charge in [-0.05, 0) is 24.6 Å². The fraction of sp³-hybridized carbons (Fsp3) is 0.235. The van der Waals surface area contributed by atoms with E-state index in [1.54, 1.807) is 38.3 Å². The fourth-order valence-corrected chi connectivity index (χ4v) is 2.65. The zero-order valence-electron chi connectivity index (χ0n) is 12.3. The van der Waals surface area contributed by atoms with Crippen LogP contribution >= 0.6 is 0 Å². The van der Waals surface area contributed by atoms with Crippen LogP contribution in [-0.2, 0) is 0 Å². The van der Waals surface area contributed by atoms with Gasteiger partial charge in [0, 0.05) is 11.6 Å². The molecule has 0 saturated heterocycles. The first-order valence-corrected chi connectivity index (χ1v) is 6.89. The molecule has 2 aromatic carbocycles. The molecule has 0 fully saturated rings. The normalized spacial score (nSPS) is 16.8. The van der Waals surface area contributed by atoms with Crippen molar-refractivity contribution in [3.63, 3.8) is 0 Å². The summed E-state index contributed by atoms with van der Waals surface area (Å²) in [6, 6.07) is 8.34. The van der Waals surface area contributed by atoms with Crippen molar-refractivity contribution < 1.29 is 24.5 Å². The van der Waals surface area contributed by atoms with E-state index in [0.29, 0.717) is 11.3 Å². The Morgan fingerprint density at radius 3 is 2.50 bits per heavy atom. The Hall–Kier alpha value is -2.69. The van der Waals surface area contributed by atoms with Crippen LogP contribution in [0.4, 0.5) is 0 Å². The molecular weight excluding hydrogens is 284 g/mol. The summed E-state index contributed by atoms with van der Waals surface area (Å²) < 4.78 is 10.7. The number of Topliss-reactive ketones (excluding diaryl/α,β-unsaturated/α-hetero) is 1. The van der Waals surface area contributed by atoms with E-state index in [1.807, 2.05) is 0 Å². The molecule has 0 radical (unpaired) electrons. The van der Waals surface area contributed by atoms with Crippen LogP contribution in [0.25, 0.3) is 0 Å². The highest BCUT2D eigenvalue weighted by molar-refractivity contribution is 6.07. The summed E-state index contributed by atoms with van der Waals surface area (Å²) in [5.41, 5.74) is 1.37. The topological polar surface area (TPSA) is 76.0 Å². The zero-order valence-corrected chi connectivity index (χ0v) is 12.3. The molecule has 0 aromatic heterocycles. The number of ketones is 1. The Bertz CT molecular complexity index is 734. The molecule has 1 aliphatic heterocycles. The van der Waals surface area contributed by atoms with Crippen molar-refractivity contribution in [3.8, 4) is 23.0 Å². The van der Waals surface area contributed by atoms with E-state index in [0.717, 1.165) is 5.56 Å². The molecule has 114 valence electrons. The van der Waals surface area contributed by atoms with Gasteiger partial charge in [-0.2, -0.15) is 0 Å². The molecule has 1 atom stereocenters. The molecule has 0 bridgehead atoms. The van der Waals surface area contributed by atoms with Gasteiger partial charge in [0.15, 0.2) is 5.78 Å². The van der Waals surface area contributed by atoms with Gasteiger partial charge < -0.3 is 19.7 Å². The van der Waals surface area contributed by atoms with Crippen LogP contribution < -0.4 is 9.47 Å². The fourth-order valence-electron chi connectivity index (χ4n) is 2.65. The van der Waals surface area contributed by atoms with Crippen molar-refractivity contribution in [3.05, 3.63) is 47.0 Å². The van der Waals surface area contributed by atoms with Gasteiger partial charge in [0.2, 0.25) is 0 Å². The number of fused-ring (bicyclic) bond motifs is 1. The molecule has 0 unspecified atom stereocenters. The Labute approximate surface area is 127 Å². The van der Waals surface area contributed by atoms with Crippen LogP contribution in [0.3, 0.4) is 0 Å². The minimum absolute atomic E-state index is 0.0908. The van der Waals surface area contributed by atoms with Gasteiger partial charge in [0.25, 0.3) is 0 Å². The quantitative estimate of drug-likeness (QED) is 0.892. The SMILES string of the molecule is COc1ccc([C@H]2COc3c(C)c(O)cc(O)c3C2=O)cc1. The molecule has 1 aliphatic rings. The van der Waals surface area contributed by atoms with Crippen molar-refractivity contribution in [2.24, 2.45) is 0 Å². The van der Waals surface area contributed by atoms with E-state index in [-0.39, 0.29) is 35.2 Å². The van der Waals surface area contributed by atoms with Crippen molar-refractivity contribution in [1.82, 2.24) is 0 Å². The Kier molecular flexibility index (Phi) is 3.41. The number of phenols is 2. The summed E-state index contributed by atoms with van der Waals surface area (Å²) in [6.07, 6.45) is 0. The standard InChI is InChI=1S/C17H16O5/c1-9-13(18)7-14(19)15-16(20)12(8-22-17(9)15)10-3-5-11(21-2)6-4-10/h3-7,12,18-19H,8H2,1-2H3/t12-/m1/s1. The largest absolute Gasteiger partial charge is 0.507 e. The van der Waals surface area contributed by atoms with E-state index in [1.165, 1.54) is 6.07 Å². The number of benzene rings is 2. The average Bonchev–Trinajstić information content (AvgIpc) is 2.52. The third-order valence-corrected chi connectivity index (χ3v) is 3.96. The van der Waals surface area contributed by atoms with Gasteiger partial charge in [-0.1, -0.05) is 12.1 Å². The van der Waals surface area contributed by atoms with Crippen molar-refractivity contribution in [2.45, 2.75) is 12.8 Å². The van der Waals surface area contributed by atoms with Gasteiger partial charge in [0.1, 0.15) is 35.2 Å². The van der Waals surface area contributed by atoms with Crippen molar-refractivity contribution in [2.75, 3.05) is 13.7 Å². The minimum Gasteiger partial charge on any atom is -0.507 e. The summed E-state index contributed by atoms with van der Waals surface area (Å²) in [6.45, 7) is 1.82. The summed E-state index contributed by atoms with van der Waals surface area (Å²) in [5.74, 6) is -0.0993. The second kappa shape index (κ2) is 5.26. The van der Waals surface area contributed by atoms with Gasteiger partial charge in [-0.25, -0.2) is 0 Å². The first-order valence-electron chi connectivity index (χ1n) is 6.89. The Morgan fingerprint density at radius 1 is 1.18 bits per heavy atom. The average molecular weight is 300 g/mol. The predicted molar refractivity (Wildman–Crippen MR) is 80.1 cm³/mol. The molecule has 0 saturated carbocycles. The molecule has 0 spiro atoms. The highest BCUT2D eigenvalue weighted by atomic mass is 16.5. The lowest BCUT2D eigenvalue weighted by Crippen LogP contribution is -2.26. The second-order valence-electron chi connectivity index (χ2n) is 5.24. The highest BCUT2D eigenvalue weighted by Gasteiger charge is 2.34. The maximum absolute atomic E-state index is 12.7. The molecule has 2 N–H and O–H groups in total. The summed E-state index contributed by atoms with van der Waals surface area (Å²) in [7, 11) is 1.58. The lowest BCUT2D eigenvalue weighted by Gasteiger charge is -2.26. The predicted octanol–water partition coefficient (Wildman–Crippen LogP) is 2.77. The van der Waals surface area contributed by atoms with E-state index in [2.05, 4.69) is 0 Å². The van der Waals surface area contributed by atoms with Crippen molar-refractivity contribution in [1.29, 1.82) is 0 Å². The Balaban J connectivity index is 2.02. The Morgan fingerprint density at radius 2 is 1.86 bits per heavy atom.